The molecule has 0 heterocycles. The molecule has 1 saturated carbocycles. The highest BCUT2D eigenvalue weighted by molar-refractivity contribution is 5.78. The van der Waals surface area contributed by atoms with Crippen LogP contribution in [0, 0.1) is 0 Å². The third-order valence-electron chi connectivity index (χ3n) is 2.74. The van der Waals surface area contributed by atoms with Crippen LogP contribution in [0.25, 0.3) is 0 Å². The van der Waals surface area contributed by atoms with Crippen molar-refractivity contribution in [3.8, 4) is 0 Å². The molecule has 0 aliphatic heterocycles. The van der Waals surface area contributed by atoms with Crippen LogP contribution in [0.1, 0.15) is 32.6 Å². The van der Waals surface area contributed by atoms with Crippen LogP contribution in [-0.2, 0) is 9.59 Å². The van der Waals surface area contributed by atoms with Crippen LogP contribution in [0.5, 0.6) is 0 Å². The molecule has 20 heavy (non-hydrogen) atoms. The van der Waals surface area contributed by atoms with Gasteiger partial charge in [0.2, 0.25) is 5.91 Å². The third-order valence-corrected chi connectivity index (χ3v) is 2.74. The lowest BCUT2D eigenvalue weighted by molar-refractivity contribution is -0.141. The molecule has 1 aliphatic rings. The second kappa shape index (κ2) is 7.09. The summed E-state index contributed by atoms with van der Waals surface area (Å²) < 4.78 is 0. The molecule has 5 N–H and O–H groups in total. The maximum absolute atomic E-state index is 11.4. The number of nitrogens with one attached hydrogen (secondary N) is 3. The van der Waals surface area contributed by atoms with Crippen molar-refractivity contribution >= 4 is 17.9 Å². The number of rotatable bonds is 8. The molecule has 0 aromatic carbocycles. The van der Waals surface area contributed by atoms with E-state index in [2.05, 4.69) is 16.0 Å². The van der Waals surface area contributed by atoms with E-state index < -0.39 is 24.0 Å². The number of carboxylic acids is 1. The van der Waals surface area contributed by atoms with E-state index in [-0.39, 0.29) is 25.4 Å². The highest BCUT2D eigenvalue weighted by atomic mass is 16.4. The number of aliphatic carboxylic acids is 1. The Bertz CT molecular complexity index is 379. The van der Waals surface area contributed by atoms with E-state index in [0.29, 0.717) is 6.04 Å². The minimum Gasteiger partial charge on any atom is -0.481 e. The van der Waals surface area contributed by atoms with Crippen LogP contribution in [0.3, 0.4) is 0 Å². The third kappa shape index (κ3) is 7.57. The Balaban J connectivity index is 2.10. The monoisotopic (exact) mass is 287 g/mol. The van der Waals surface area contributed by atoms with Gasteiger partial charge < -0.3 is 26.2 Å². The fourth-order valence-electron chi connectivity index (χ4n) is 1.54. The van der Waals surface area contributed by atoms with E-state index in [4.69, 9.17) is 5.11 Å². The lowest BCUT2D eigenvalue weighted by atomic mass is 10.0. The van der Waals surface area contributed by atoms with Crippen LogP contribution in [0.2, 0.25) is 0 Å². The summed E-state index contributed by atoms with van der Waals surface area (Å²) in [6.07, 6.45) is 1.75. The van der Waals surface area contributed by atoms with Crippen LogP contribution in [0.15, 0.2) is 0 Å². The minimum absolute atomic E-state index is 0.106. The zero-order valence-electron chi connectivity index (χ0n) is 11.4. The number of hydrogen-bond acceptors (Lipinski definition) is 4. The van der Waals surface area contributed by atoms with Crippen LogP contribution in [-0.4, -0.2) is 52.9 Å². The van der Waals surface area contributed by atoms with Crippen molar-refractivity contribution in [3.05, 3.63) is 0 Å². The molecule has 1 unspecified atom stereocenters. The first-order valence-electron chi connectivity index (χ1n) is 6.54. The molecular weight excluding hydrogens is 266 g/mol. The highest BCUT2D eigenvalue weighted by Crippen LogP contribution is 2.18. The Morgan fingerprint density at radius 3 is 2.45 bits per heavy atom. The van der Waals surface area contributed by atoms with Gasteiger partial charge in [-0.2, -0.15) is 0 Å². The molecule has 3 amide bonds. The van der Waals surface area contributed by atoms with Crippen molar-refractivity contribution in [2.45, 2.75) is 44.2 Å². The van der Waals surface area contributed by atoms with Gasteiger partial charge in [0.15, 0.2) is 0 Å². The number of aliphatic hydroxyl groups is 1. The number of carboxylic acid groups (broad SMARTS) is 1. The largest absolute Gasteiger partial charge is 0.481 e. The van der Waals surface area contributed by atoms with Gasteiger partial charge in [-0.15, -0.1) is 0 Å². The van der Waals surface area contributed by atoms with Crippen molar-refractivity contribution in [3.63, 3.8) is 0 Å². The summed E-state index contributed by atoms with van der Waals surface area (Å²) in [6.45, 7) is 1.33. The summed E-state index contributed by atoms with van der Waals surface area (Å²) in [5.74, 6) is -1.25. The molecule has 1 fully saturated rings. The number of amides is 3. The number of carbonyl (C=O) groups is 3. The Labute approximate surface area is 116 Å². The predicted molar refractivity (Wildman–Crippen MR) is 70.1 cm³/mol. The maximum Gasteiger partial charge on any atom is 0.314 e. The Hall–Kier alpha value is -1.83. The summed E-state index contributed by atoms with van der Waals surface area (Å²) >= 11 is 0. The molecule has 0 saturated heterocycles. The predicted octanol–water partition coefficient (Wildman–Crippen LogP) is -0.820. The van der Waals surface area contributed by atoms with Crippen molar-refractivity contribution < 1.29 is 24.6 Å². The molecule has 0 radical (unpaired) electrons. The molecule has 0 spiro atoms. The fourth-order valence-corrected chi connectivity index (χ4v) is 1.54. The summed E-state index contributed by atoms with van der Waals surface area (Å²) in [7, 11) is 0. The Morgan fingerprint density at radius 1 is 1.25 bits per heavy atom. The summed E-state index contributed by atoms with van der Waals surface area (Å²) in [6, 6.07) is -0.252. The van der Waals surface area contributed by atoms with Gasteiger partial charge in [0.05, 0.1) is 12.0 Å². The first-order chi connectivity index (χ1) is 9.28. The Morgan fingerprint density at radius 2 is 1.90 bits per heavy atom. The number of hydrogen-bond donors (Lipinski definition) is 5. The smallest absolute Gasteiger partial charge is 0.314 e. The molecule has 8 heteroatoms. The SMILES string of the molecule is CC(O)(CNC(=O)NCCC(=O)NC1CC1)CC(=O)O. The van der Waals surface area contributed by atoms with Gasteiger partial charge in [0, 0.05) is 25.6 Å². The van der Waals surface area contributed by atoms with E-state index in [1.165, 1.54) is 6.92 Å². The van der Waals surface area contributed by atoms with Gasteiger partial charge in [-0.05, 0) is 19.8 Å². The standard InChI is InChI=1S/C12H21N3O5/c1-12(20,6-10(17)18)7-14-11(19)13-5-4-9(16)15-8-2-3-8/h8,20H,2-7H2,1H3,(H,15,16)(H,17,18)(H2,13,14,19). The second-order valence-corrected chi connectivity index (χ2v) is 5.27. The Kier molecular flexibility index (Phi) is 5.75. The quantitative estimate of drug-likeness (QED) is 0.398. The van der Waals surface area contributed by atoms with E-state index in [0.717, 1.165) is 12.8 Å². The fraction of sp³-hybridized carbons (Fsp3) is 0.750. The topological polar surface area (TPSA) is 128 Å². The lowest BCUT2D eigenvalue weighted by Crippen LogP contribution is -2.46. The molecule has 0 aromatic heterocycles. The van der Waals surface area contributed by atoms with E-state index in [1.807, 2.05) is 0 Å². The lowest BCUT2D eigenvalue weighted by Gasteiger charge is -2.21. The maximum atomic E-state index is 11.4. The zero-order valence-corrected chi connectivity index (χ0v) is 11.4. The molecule has 8 nitrogen and oxygen atoms in total. The van der Waals surface area contributed by atoms with E-state index in [9.17, 15) is 19.5 Å². The van der Waals surface area contributed by atoms with Gasteiger partial charge in [-0.1, -0.05) is 0 Å². The average molecular weight is 287 g/mol. The molecule has 0 bridgehead atoms. The second-order valence-electron chi connectivity index (χ2n) is 5.27. The van der Waals surface area contributed by atoms with Crippen molar-refractivity contribution in [2.24, 2.45) is 0 Å². The molecule has 1 rings (SSSR count). The van der Waals surface area contributed by atoms with Crippen LogP contribution < -0.4 is 16.0 Å². The minimum atomic E-state index is -1.51. The highest BCUT2D eigenvalue weighted by Gasteiger charge is 2.25. The molecule has 0 aromatic rings. The van der Waals surface area contributed by atoms with E-state index in [1.54, 1.807) is 0 Å². The normalized spacial score (nSPS) is 16.9. The van der Waals surface area contributed by atoms with Crippen molar-refractivity contribution in [2.75, 3.05) is 13.1 Å². The average Bonchev–Trinajstić information content (AvgIpc) is 3.08. The summed E-state index contributed by atoms with van der Waals surface area (Å²) in [4.78, 5) is 33.2. The first kappa shape index (κ1) is 16.2. The summed E-state index contributed by atoms with van der Waals surface area (Å²) in [5, 5.41) is 25.8. The van der Waals surface area contributed by atoms with Crippen LogP contribution >= 0.6 is 0 Å². The number of carbonyl (C=O) groups excluding carboxylic acids is 2. The van der Waals surface area contributed by atoms with Gasteiger partial charge in [-0.25, -0.2) is 4.79 Å². The molecule has 1 atom stereocenters. The van der Waals surface area contributed by atoms with Gasteiger partial charge >= 0.3 is 12.0 Å². The molecule has 114 valence electrons. The zero-order chi connectivity index (χ0) is 15.2. The van der Waals surface area contributed by atoms with Gasteiger partial charge in [0.25, 0.3) is 0 Å². The molecule has 1 aliphatic carbocycles. The van der Waals surface area contributed by atoms with Gasteiger partial charge in [0.1, 0.15) is 0 Å². The van der Waals surface area contributed by atoms with Crippen molar-refractivity contribution in [1.82, 2.24) is 16.0 Å². The first-order valence-corrected chi connectivity index (χ1v) is 6.54. The van der Waals surface area contributed by atoms with Crippen molar-refractivity contribution in [1.29, 1.82) is 0 Å². The summed E-state index contributed by atoms with van der Waals surface area (Å²) in [5.41, 5.74) is -1.51. The van der Waals surface area contributed by atoms with Gasteiger partial charge in [-0.3, -0.25) is 9.59 Å². The van der Waals surface area contributed by atoms with E-state index >= 15 is 0 Å². The number of urea groups is 1. The van der Waals surface area contributed by atoms with Crippen LogP contribution in [0.4, 0.5) is 4.79 Å². The molecular formula is C12H21N3O5.